The van der Waals surface area contributed by atoms with Gasteiger partial charge in [0.1, 0.15) is 4.32 Å². The number of carbonyl (C=O) groups is 1. The van der Waals surface area contributed by atoms with Crippen LogP contribution in [0.15, 0.2) is 30.3 Å². The van der Waals surface area contributed by atoms with E-state index in [1.54, 1.807) is 0 Å². The molecule has 0 amide bonds. The van der Waals surface area contributed by atoms with Gasteiger partial charge in [-0.05, 0) is 13.8 Å². The van der Waals surface area contributed by atoms with E-state index in [1.807, 2.05) is 44.2 Å². The zero-order valence-electron chi connectivity index (χ0n) is 11.7. The van der Waals surface area contributed by atoms with Crippen molar-refractivity contribution in [3.05, 3.63) is 35.9 Å². The van der Waals surface area contributed by atoms with Gasteiger partial charge in [0, 0.05) is 18.7 Å². The number of Topliss-reactive ketones (excluding diaryl/α,β-unsaturated/α-hetero) is 1. The molecule has 1 saturated heterocycles. The van der Waals surface area contributed by atoms with Crippen LogP contribution in [0.2, 0.25) is 0 Å². The number of hydrogen-bond donors (Lipinski definition) is 0. The summed E-state index contributed by atoms with van der Waals surface area (Å²) >= 11 is 6.87. The Morgan fingerprint density at radius 1 is 1.30 bits per heavy atom. The summed E-state index contributed by atoms with van der Waals surface area (Å²) in [4.78, 5) is 14.2. The van der Waals surface area contributed by atoms with Crippen molar-refractivity contribution in [2.45, 2.75) is 26.1 Å². The van der Waals surface area contributed by atoms with Crippen LogP contribution in [0.25, 0.3) is 0 Å². The third kappa shape index (κ3) is 4.30. The van der Waals surface area contributed by atoms with Crippen molar-refractivity contribution >= 4 is 34.1 Å². The molecule has 2 atom stereocenters. The van der Waals surface area contributed by atoms with Crippen molar-refractivity contribution in [3.8, 4) is 0 Å². The fourth-order valence-electron chi connectivity index (χ4n) is 2.25. The van der Waals surface area contributed by atoms with Crippen molar-refractivity contribution in [1.29, 1.82) is 0 Å². The SMILES string of the molecule is C[C@@H]1CN(C(=S)SCC(=O)c2ccccc2)C[C@@H](C)O1. The number of morpholine rings is 1. The van der Waals surface area contributed by atoms with Crippen molar-refractivity contribution < 1.29 is 9.53 Å². The van der Waals surface area contributed by atoms with Crippen molar-refractivity contribution in [1.82, 2.24) is 4.90 Å². The Labute approximate surface area is 129 Å². The quantitative estimate of drug-likeness (QED) is 0.632. The lowest BCUT2D eigenvalue weighted by atomic mass is 10.2. The molecular formula is C15H19NO2S2. The number of rotatable bonds is 3. The van der Waals surface area contributed by atoms with Gasteiger partial charge in [0.15, 0.2) is 5.78 Å². The molecule has 0 spiro atoms. The maximum atomic E-state index is 12.0. The van der Waals surface area contributed by atoms with Crippen LogP contribution in [0.3, 0.4) is 0 Å². The van der Waals surface area contributed by atoms with Crippen molar-refractivity contribution in [3.63, 3.8) is 0 Å². The van der Waals surface area contributed by atoms with E-state index < -0.39 is 0 Å². The van der Waals surface area contributed by atoms with Gasteiger partial charge in [-0.3, -0.25) is 4.79 Å². The highest BCUT2D eigenvalue weighted by atomic mass is 32.2. The topological polar surface area (TPSA) is 29.5 Å². The van der Waals surface area contributed by atoms with Crippen LogP contribution in [-0.2, 0) is 4.74 Å². The third-order valence-electron chi connectivity index (χ3n) is 3.10. The second-order valence-electron chi connectivity index (χ2n) is 5.01. The average molecular weight is 309 g/mol. The molecule has 108 valence electrons. The van der Waals surface area contributed by atoms with Gasteiger partial charge in [0.25, 0.3) is 0 Å². The number of nitrogens with zero attached hydrogens (tertiary/aromatic N) is 1. The molecule has 3 nitrogen and oxygen atoms in total. The molecule has 1 aromatic rings. The van der Waals surface area contributed by atoms with E-state index >= 15 is 0 Å². The van der Waals surface area contributed by atoms with Gasteiger partial charge < -0.3 is 9.64 Å². The Hall–Kier alpha value is -0.910. The van der Waals surface area contributed by atoms with Gasteiger partial charge in [0.2, 0.25) is 0 Å². The molecule has 0 aromatic heterocycles. The highest BCUT2D eigenvalue weighted by Crippen LogP contribution is 2.18. The Balaban J connectivity index is 1.84. The Bertz CT molecular complexity index is 468. The Morgan fingerprint density at radius 2 is 1.90 bits per heavy atom. The lowest BCUT2D eigenvalue weighted by Gasteiger charge is -2.36. The molecule has 5 heteroatoms. The summed E-state index contributed by atoms with van der Waals surface area (Å²) in [6, 6.07) is 9.34. The molecule has 2 rings (SSSR count). The van der Waals surface area contributed by atoms with E-state index in [2.05, 4.69) is 4.90 Å². The summed E-state index contributed by atoms with van der Waals surface area (Å²) in [5.74, 6) is 0.510. The van der Waals surface area contributed by atoms with Crippen molar-refractivity contribution in [2.24, 2.45) is 0 Å². The minimum Gasteiger partial charge on any atom is -0.372 e. The molecule has 0 N–H and O–H groups in total. The molecule has 20 heavy (non-hydrogen) atoms. The van der Waals surface area contributed by atoms with Gasteiger partial charge in [0.05, 0.1) is 18.0 Å². The number of benzene rings is 1. The van der Waals surface area contributed by atoms with Crippen molar-refractivity contribution in [2.75, 3.05) is 18.8 Å². The van der Waals surface area contributed by atoms with Gasteiger partial charge in [-0.25, -0.2) is 0 Å². The monoisotopic (exact) mass is 309 g/mol. The summed E-state index contributed by atoms with van der Waals surface area (Å²) in [6.45, 7) is 5.70. The van der Waals surface area contributed by atoms with Crippen LogP contribution in [0.5, 0.6) is 0 Å². The van der Waals surface area contributed by atoms with Gasteiger partial charge in [-0.2, -0.15) is 0 Å². The summed E-state index contributed by atoms with van der Waals surface area (Å²) in [5.41, 5.74) is 0.742. The molecule has 0 bridgehead atoms. The largest absolute Gasteiger partial charge is 0.372 e. The van der Waals surface area contributed by atoms with Crippen LogP contribution in [0, 0.1) is 0 Å². The highest BCUT2D eigenvalue weighted by Gasteiger charge is 2.24. The molecule has 1 heterocycles. The normalized spacial score (nSPS) is 22.6. The third-order valence-corrected chi connectivity index (χ3v) is 4.62. The molecular weight excluding hydrogens is 290 g/mol. The summed E-state index contributed by atoms with van der Waals surface area (Å²) in [7, 11) is 0. The summed E-state index contributed by atoms with van der Waals surface area (Å²) in [5, 5.41) is 0. The van der Waals surface area contributed by atoms with E-state index in [1.165, 1.54) is 11.8 Å². The summed E-state index contributed by atoms with van der Waals surface area (Å²) < 4.78 is 6.47. The van der Waals surface area contributed by atoms with E-state index in [0.29, 0.717) is 5.75 Å². The predicted octanol–water partition coefficient (Wildman–Crippen LogP) is 3.00. The van der Waals surface area contributed by atoms with E-state index in [0.717, 1.165) is 23.0 Å². The molecule has 1 aliphatic rings. The number of carbonyl (C=O) groups excluding carboxylic acids is 1. The zero-order chi connectivity index (χ0) is 14.5. The predicted molar refractivity (Wildman–Crippen MR) is 87.4 cm³/mol. The minimum absolute atomic E-state index is 0.118. The molecule has 0 saturated carbocycles. The molecule has 0 unspecified atom stereocenters. The summed E-state index contributed by atoms with van der Waals surface area (Å²) in [6.07, 6.45) is 0.365. The minimum atomic E-state index is 0.118. The standard InChI is InChI=1S/C15H19NO2S2/c1-11-8-16(9-12(2)18-11)15(19)20-10-14(17)13-6-4-3-5-7-13/h3-7,11-12H,8-10H2,1-2H3/t11-,12-/m1/s1. The van der Waals surface area contributed by atoms with E-state index in [4.69, 9.17) is 17.0 Å². The van der Waals surface area contributed by atoms with Gasteiger partial charge in [-0.15, -0.1) is 0 Å². The first-order chi connectivity index (χ1) is 9.56. The molecule has 1 aromatic carbocycles. The van der Waals surface area contributed by atoms with Gasteiger partial charge >= 0.3 is 0 Å². The maximum absolute atomic E-state index is 12.0. The lowest BCUT2D eigenvalue weighted by molar-refractivity contribution is -0.0465. The first kappa shape index (κ1) is 15.5. The lowest BCUT2D eigenvalue weighted by Crippen LogP contribution is -2.46. The van der Waals surface area contributed by atoms with Gasteiger partial charge in [-0.1, -0.05) is 54.3 Å². The number of ketones is 1. The first-order valence-electron chi connectivity index (χ1n) is 6.71. The zero-order valence-corrected chi connectivity index (χ0v) is 13.4. The first-order valence-corrected chi connectivity index (χ1v) is 8.11. The Kier molecular flexibility index (Phi) is 5.57. The average Bonchev–Trinajstić information content (AvgIpc) is 2.44. The van der Waals surface area contributed by atoms with Crippen LogP contribution in [-0.4, -0.2) is 46.1 Å². The van der Waals surface area contributed by atoms with E-state index in [-0.39, 0.29) is 18.0 Å². The smallest absolute Gasteiger partial charge is 0.173 e. The highest BCUT2D eigenvalue weighted by molar-refractivity contribution is 8.23. The molecule has 1 fully saturated rings. The number of ether oxygens (including phenoxy) is 1. The Morgan fingerprint density at radius 3 is 2.50 bits per heavy atom. The fourth-order valence-corrected chi connectivity index (χ4v) is 3.33. The van der Waals surface area contributed by atoms with Crippen LogP contribution in [0.4, 0.5) is 0 Å². The molecule has 0 radical (unpaired) electrons. The van der Waals surface area contributed by atoms with E-state index in [9.17, 15) is 4.79 Å². The van der Waals surface area contributed by atoms with Crippen LogP contribution < -0.4 is 0 Å². The fraction of sp³-hybridized carbons (Fsp3) is 0.467. The second kappa shape index (κ2) is 7.20. The number of thioether (sulfide) groups is 1. The number of hydrogen-bond acceptors (Lipinski definition) is 4. The van der Waals surface area contributed by atoms with Crippen LogP contribution in [0.1, 0.15) is 24.2 Å². The number of thiocarbonyl (C=S) groups is 1. The molecule has 0 aliphatic carbocycles. The van der Waals surface area contributed by atoms with Crippen LogP contribution >= 0.6 is 24.0 Å². The molecule has 1 aliphatic heterocycles. The maximum Gasteiger partial charge on any atom is 0.173 e. The second-order valence-corrected chi connectivity index (χ2v) is 6.62.